The van der Waals surface area contributed by atoms with Crippen molar-refractivity contribution in [1.29, 1.82) is 0 Å². The maximum atomic E-state index is 10.9. The highest BCUT2D eigenvalue weighted by molar-refractivity contribution is 7.88. The lowest BCUT2D eigenvalue weighted by atomic mass is 10.3. The minimum Gasteiger partial charge on any atom is -0.481 e. The van der Waals surface area contributed by atoms with Crippen LogP contribution < -0.4 is 4.72 Å². The zero-order valence-electron chi connectivity index (χ0n) is 9.04. The first kappa shape index (κ1) is 14.0. The number of nitrogens with one attached hydrogen (secondary N) is 2. The van der Waals surface area contributed by atoms with Crippen molar-refractivity contribution in [3.8, 4) is 0 Å². The first-order valence-corrected chi connectivity index (χ1v) is 7.07. The molecule has 0 spiro atoms. The molecule has 7 nitrogen and oxygen atoms in total. The lowest BCUT2D eigenvalue weighted by molar-refractivity contribution is -0.136. The number of hydrogen-bond donors (Lipinski definition) is 4. The molecule has 3 N–H and O–H groups in total. The summed E-state index contributed by atoms with van der Waals surface area (Å²) in [6, 6.07) is 0. The highest BCUT2D eigenvalue weighted by atomic mass is 32.2. The highest BCUT2D eigenvalue weighted by Crippen LogP contribution is 2.16. The van der Waals surface area contributed by atoms with Crippen LogP contribution in [0.15, 0.2) is 6.20 Å². The molecule has 0 saturated heterocycles. The van der Waals surface area contributed by atoms with E-state index in [-0.39, 0.29) is 13.0 Å². The fraction of sp³-hybridized carbons (Fsp3) is 0.500. The molecule has 0 bridgehead atoms. The van der Waals surface area contributed by atoms with Crippen molar-refractivity contribution in [2.45, 2.75) is 11.7 Å². The Morgan fingerprint density at radius 2 is 2.35 bits per heavy atom. The van der Waals surface area contributed by atoms with Crippen LogP contribution in [0, 0.1) is 0 Å². The predicted molar refractivity (Wildman–Crippen MR) is 64.5 cm³/mol. The van der Waals surface area contributed by atoms with E-state index in [4.69, 9.17) is 5.11 Å². The van der Waals surface area contributed by atoms with E-state index in [1.54, 1.807) is 0 Å². The molecular weight excluding hydrogens is 266 g/mol. The number of aromatic nitrogens is 2. The quantitative estimate of drug-likeness (QED) is 0.527. The number of carbonyl (C=O) groups is 1. The summed E-state index contributed by atoms with van der Waals surface area (Å²) in [7, 11) is -3.27. The van der Waals surface area contributed by atoms with Crippen molar-refractivity contribution in [2.24, 2.45) is 0 Å². The van der Waals surface area contributed by atoms with Gasteiger partial charge < -0.3 is 10.1 Å². The first-order chi connectivity index (χ1) is 7.78. The van der Waals surface area contributed by atoms with Gasteiger partial charge in [0.05, 0.1) is 11.5 Å². The van der Waals surface area contributed by atoms with Crippen molar-refractivity contribution >= 4 is 28.6 Å². The SMILES string of the molecule is CS(=O)(=O)NCC(S)c1cnc(CC(=O)O)[nH]1. The number of thiol groups is 1. The standard InChI is InChI=1S/C8H13N3O4S2/c1-17(14,15)10-4-6(16)5-3-9-7(11-5)2-8(12)13/h3,6,10,16H,2,4H2,1H3,(H,9,11)(H,12,13). The Morgan fingerprint density at radius 1 is 1.71 bits per heavy atom. The topological polar surface area (TPSA) is 112 Å². The molecule has 1 atom stereocenters. The van der Waals surface area contributed by atoms with Crippen molar-refractivity contribution in [1.82, 2.24) is 14.7 Å². The third-order valence-electron chi connectivity index (χ3n) is 1.86. The van der Waals surface area contributed by atoms with Gasteiger partial charge >= 0.3 is 5.97 Å². The second kappa shape index (κ2) is 5.52. The molecule has 0 aliphatic heterocycles. The maximum absolute atomic E-state index is 10.9. The van der Waals surface area contributed by atoms with E-state index < -0.39 is 21.2 Å². The molecule has 0 fully saturated rings. The number of H-pyrrole nitrogens is 1. The smallest absolute Gasteiger partial charge is 0.311 e. The molecule has 1 aromatic rings. The molecule has 1 aromatic heterocycles. The van der Waals surface area contributed by atoms with E-state index in [1.165, 1.54) is 6.20 Å². The number of sulfonamides is 1. The number of imidazole rings is 1. The van der Waals surface area contributed by atoms with E-state index in [1.807, 2.05) is 0 Å². The van der Waals surface area contributed by atoms with E-state index in [0.717, 1.165) is 6.26 Å². The number of nitrogens with zero attached hydrogens (tertiary/aromatic N) is 1. The molecule has 1 unspecified atom stereocenters. The van der Waals surface area contributed by atoms with E-state index in [9.17, 15) is 13.2 Å². The Kier molecular flexibility index (Phi) is 4.54. The Balaban J connectivity index is 2.60. The van der Waals surface area contributed by atoms with Gasteiger partial charge in [-0.2, -0.15) is 12.6 Å². The largest absolute Gasteiger partial charge is 0.481 e. The summed E-state index contributed by atoms with van der Waals surface area (Å²) in [5.41, 5.74) is 0.570. The molecule has 0 aliphatic rings. The summed E-state index contributed by atoms with van der Waals surface area (Å²) >= 11 is 4.19. The molecule has 1 rings (SSSR count). The number of aromatic amines is 1. The van der Waals surface area contributed by atoms with Gasteiger partial charge in [0.1, 0.15) is 12.2 Å². The van der Waals surface area contributed by atoms with Gasteiger partial charge in [0.15, 0.2) is 0 Å². The van der Waals surface area contributed by atoms with Crippen molar-refractivity contribution in [3.63, 3.8) is 0 Å². The van der Waals surface area contributed by atoms with Crippen molar-refractivity contribution < 1.29 is 18.3 Å². The van der Waals surface area contributed by atoms with Crippen LogP contribution in [0.25, 0.3) is 0 Å². The third-order valence-corrected chi connectivity index (χ3v) is 3.02. The van der Waals surface area contributed by atoms with Gasteiger partial charge in [0.2, 0.25) is 10.0 Å². The van der Waals surface area contributed by atoms with Crippen molar-refractivity contribution in [2.75, 3.05) is 12.8 Å². The zero-order chi connectivity index (χ0) is 13.1. The molecule has 1 heterocycles. The molecule has 17 heavy (non-hydrogen) atoms. The van der Waals surface area contributed by atoms with Crippen LogP contribution in [0.3, 0.4) is 0 Å². The second-order valence-corrected chi connectivity index (χ2v) is 5.95. The average Bonchev–Trinajstić information content (AvgIpc) is 2.60. The van der Waals surface area contributed by atoms with Gasteiger partial charge in [0.25, 0.3) is 0 Å². The van der Waals surface area contributed by atoms with Crippen LogP contribution in [0.1, 0.15) is 16.8 Å². The third kappa shape index (κ3) is 5.20. The summed E-state index contributed by atoms with van der Waals surface area (Å²) < 4.78 is 24.0. The van der Waals surface area contributed by atoms with Gasteiger partial charge in [0, 0.05) is 18.4 Å². The van der Waals surface area contributed by atoms with E-state index >= 15 is 0 Å². The molecule has 96 valence electrons. The highest BCUT2D eigenvalue weighted by Gasteiger charge is 2.13. The fourth-order valence-electron chi connectivity index (χ4n) is 1.12. The monoisotopic (exact) mass is 279 g/mol. The number of aliphatic carboxylic acids is 1. The summed E-state index contributed by atoms with van der Waals surface area (Å²) in [6.45, 7) is 0.108. The van der Waals surface area contributed by atoms with E-state index in [0.29, 0.717) is 11.5 Å². The Bertz CT molecular complexity index is 497. The summed E-state index contributed by atoms with van der Waals surface area (Å²) in [6.07, 6.45) is 2.29. The second-order valence-electron chi connectivity index (χ2n) is 3.49. The number of carboxylic acid groups (broad SMARTS) is 1. The molecule has 0 radical (unpaired) electrons. The molecule has 0 aromatic carbocycles. The molecule has 0 saturated carbocycles. The lowest BCUT2D eigenvalue weighted by Crippen LogP contribution is -2.25. The molecular formula is C8H13N3O4S2. The van der Waals surface area contributed by atoms with Gasteiger partial charge in [-0.3, -0.25) is 4.79 Å². The minimum absolute atomic E-state index is 0.108. The molecule has 0 amide bonds. The van der Waals surface area contributed by atoms with Gasteiger partial charge in [-0.05, 0) is 0 Å². The Hall–Kier alpha value is -1.06. The van der Waals surface area contributed by atoms with Crippen LogP contribution in [-0.4, -0.2) is 42.3 Å². The van der Waals surface area contributed by atoms with Crippen LogP contribution in [0.4, 0.5) is 0 Å². The van der Waals surface area contributed by atoms with Gasteiger partial charge in [-0.15, -0.1) is 0 Å². The maximum Gasteiger partial charge on any atom is 0.311 e. The lowest BCUT2D eigenvalue weighted by Gasteiger charge is -2.08. The average molecular weight is 279 g/mol. The number of rotatable bonds is 6. The normalized spacial score (nSPS) is 13.5. The van der Waals surface area contributed by atoms with Crippen LogP contribution in [0.5, 0.6) is 0 Å². The Labute approximate surface area is 104 Å². The van der Waals surface area contributed by atoms with Crippen LogP contribution >= 0.6 is 12.6 Å². The van der Waals surface area contributed by atoms with Crippen LogP contribution in [-0.2, 0) is 21.2 Å². The molecule has 0 aliphatic carbocycles. The fourth-order valence-corrected chi connectivity index (χ4v) is 1.94. The first-order valence-electron chi connectivity index (χ1n) is 4.66. The predicted octanol–water partition coefficient (Wildman–Crippen LogP) is -0.443. The summed E-state index contributed by atoms with van der Waals surface area (Å²) in [4.78, 5) is 17.1. The molecule has 9 heteroatoms. The number of carboxylic acids is 1. The van der Waals surface area contributed by atoms with Crippen LogP contribution in [0.2, 0.25) is 0 Å². The van der Waals surface area contributed by atoms with Gasteiger partial charge in [-0.1, -0.05) is 0 Å². The minimum atomic E-state index is -3.27. The van der Waals surface area contributed by atoms with E-state index in [2.05, 4.69) is 27.3 Å². The zero-order valence-corrected chi connectivity index (χ0v) is 10.8. The summed E-state index contributed by atoms with van der Waals surface area (Å²) in [5, 5.41) is 8.15. The van der Waals surface area contributed by atoms with Gasteiger partial charge in [-0.25, -0.2) is 18.1 Å². The summed E-state index contributed by atoms with van der Waals surface area (Å²) in [5.74, 6) is -0.679. The van der Waals surface area contributed by atoms with Crippen molar-refractivity contribution in [3.05, 3.63) is 17.7 Å². The number of hydrogen-bond acceptors (Lipinski definition) is 5. The Morgan fingerprint density at radius 3 is 2.88 bits per heavy atom.